The first-order valence-electron chi connectivity index (χ1n) is 7.52. The Bertz CT molecular complexity index is 728. The van der Waals surface area contributed by atoms with Crippen molar-refractivity contribution in [2.24, 2.45) is 0 Å². The van der Waals surface area contributed by atoms with E-state index >= 15 is 0 Å². The Morgan fingerprint density at radius 3 is 2.74 bits per heavy atom. The van der Waals surface area contributed by atoms with Crippen LogP contribution in [-0.4, -0.2) is 22.3 Å². The zero-order valence-electron chi connectivity index (χ0n) is 13.7. The van der Waals surface area contributed by atoms with Crippen molar-refractivity contribution in [3.63, 3.8) is 0 Å². The first-order valence-corrected chi connectivity index (χ1v) is 8.69. The SMILES string of the molecule is CCC(C)c1c(C)nn(C(=O)COc2ccc(Br)cc2Cl)c1C. The number of carbonyl (C=O) groups excluding carboxylic acids is 1. The Morgan fingerprint density at radius 2 is 2.13 bits per heavy atom. The van der Waals surface area contributed by atoms with Crippen molar-refractivity contribution in [3.8, 4) is 5.75 Å². The number of aromatic nitrogens is 2. The summed E-state index contributed by atoms with van der Waals surface area (Å²) in [6.45, 7) is 8.02. The van der Waals surface area contributed by atoms with Crippen molar-refractivity contribution < 1.29 is 9.53 Å². The quantitative estimate of drug-likeness (QED) is 0.698. The summed E-state index contributed by atoms with van der Waals surface area (Å²) in [5, 5.41) is 4.83. The maximum absolute atomic E-state index is 12.4. The van der Waals surface area contributed by atoms with Crippen LogP contribution in [0.25, 0.3) is 0 Å². The van der Waals surface area contributed by atoms with Crippen molar-refractivity contribution in [2.45, 2.75) is 40.0 Å². The lowest BCUT2D eigenvalue weighted by molar-refractivity contribution is 0.0818. The van der Waals surface area contributed by atoms with Gasteiger partial charge in [0, 0.05) is 10.2 Å². The molecule has 1 heterocycles. The molecule has 0 fully saturated rings. The van der Waals surface area contributed by atoms with Gasteiger partial charge in [0.2, 0.25) is 0 Å². The maximum Gasteiger partial charge on any atom is 0.284 e. The van der Waals surface area contributed by atoms with Crippen LogP contribution in [0.3, 0.4) is 0 Å². The van der Waals surface area contributed by atoms with Gasteiger partial charge in [0.1, 0.15) is 5.75 Å². The summed E-state index contributed by atoms with van der Waals surface area (Å²) >= 11 is 9.42. The van der Waals surface area contributed by atoms with E-state index in [1.807, 2.05) is 19.9 Å². The third-order valence-corrected chi connectivity index (χ3v) is 4.72. The number of hydrogen-bond acceptors (Lipinski definition) is 3. The predicted molar refractivity (Wildman–Crippen MR) is 95.7 cm³/mol. The van der Waals surface area contributed by atoms with Crippen LogP contribution in [0.2, 0.25) is 5.02 Å². The summed E-state index contributed by atoms with van der Waals surface area (Å²) in [5.74, 6) is 0.643. The van der Waals surface area contributed by atoms with E-state index in [4.69, 9.17) is 16.3 Å². The molecule has 1 unspecified atom stereocenters. The molecule has 0 spiro atoms. The number of hydrogen-bond donors (Lipinski definition) is 0. The number of nitrogens with zero attached hydrogens (tertiary/aromatic N) is 2. The van der Waals surface area contributed by atoms with Crippen LogP contribution in [0.4, 0.5) is 0 Å². The van der Waals surface area contributed by atoms with Crippen LogP contribution in [0.5, 0.6) is 5.75 Å². The van der Waals surface area contributed by atoms with E-state index < -0.39 is 0 Å². The summed E-state index contributed by atoms with van der Waals surface area (Å²) in [4.78, 5) is 12.4. The fourth-order valence-corrected chi connectivity index (χ4v) is 3.34. The highest BCUT2D eigenvalue weighted by Gasteiger charge is 2.20. The van der Waals surface area contributed by atoms with Gasteiger partial charge in [-0.1, -0.05) is 41.4 Å². The summed E-state index contributed by atoms with van der Waals surface area (Å²) in [6.07, 6.45) is 1.01. The standard InChI is InChI=1S/C17H20BrClN2O2/c1-5-10(2)17-11(3)20-21(12(17)4)16(22)9-23-15-7-6-13(18)8-14(15)19/h6-8,10H,5,9H2,1-4H3. The van der Waals surface area contributed by atoms with E-state index in [0.29, 0.717) is 16.7 Å². The van der Waals surface area contributed by atoms with Crippen LogP contribution < -0.4 is 4.74 Å². The van der Waals surface area contributed by atoms with Crippen LogP contribution in [0, 0.1) is 13.8 Å². The van der Waals surface area contributed by atoms with Crippen molar-refractivity contribution >= 4 is 33.4 Å². The first-order chi connectivity index (χ1) is 10.8. The van der Waals surface area contributed by atoms with Crippen molar-refractivity contribution in [2.75, 3.05) is 6.61 Å². The zero-order valence-corrected chi connectivity index (χ0v) is 16.0. The molecule has 23 heavy (non-hydrogen) atoms. The highest BCUT2D eigenvalue weighted by atomic mass is 79.9. The smallest absolute Gasteiger partial charge is 0.284 e. The minimum atomic E-state index is -0.209. The highest BCUT2D eigenvalue weighted by molar-refractivity contribution is 9.10. The number of ether oxygens (including phenoxy) is 1. The maximum atomic E-state index is 12.4. The lowest BCUT2D eigenvalue weighted by atomic mass is 9.97. The molecular formula is C17H20BrClN2O2. The minimum absolute atomic E-state index is 0.108. The summed E-state index contributed by atoms with van der Waals surface area (Å²) in [6, 6.07) is 5.27. The summed E-state index contributed by atoms with van der Waals surface area (Å²) in [7, 11) is 0. The fraction of sp³-hybridized carbons (Fsp3) is 0.412. The predicted octanol–water partition coefficient (Wildman–Crippen LogP) is 5.15. The molecule has 0 amide bonds. The number of rotatable bonds is 5. The van der Waals surface area contributed by atoms with Crippen molar-refractivity contribution in [1.29, 1.82) is 0 Å². The van der Waals surface area contributed by atoms with E-state index in [0.717, 1.165) is 27.8 Å². The van der Waals surface area contributed by atoms with Crippen LogP contribution in [-0.2, 0) is 0 Å². The van der Waals surface area contributed by atoms with Crippen LogP contribution >= 0.6 is 27.5 Å². The minimum Gasteiger partial charge on any atom is -0.482 e. The molecule has 0 N–H and O–H groups in total. The summed E-state index contributed by atoms with van der Waals surface area (Å²) in [5.41, 5.74) is 2.92. The molecule has 1 aromatic carbocycles. The van der Waals surface area contributed by atoms with Gasteiger partial charge in [0.05, 0.1) is 10.7 Å². The largest absolute Gasteiger partial charge is 0.482 e. The van der Waals surface area contributed by atoms with Crippen LogP contribution in [0.1, 0.15) is 47.9 Å². The van der Waals surface area contributed by atoms with E-state index in [2.05, 4.69) is 34.9 Å². The molecule has 0 radical (unpaired) electrons. The number of carbonyl (C=O) groups is 1. The molecule has 0 saturated heterocycles. The monoisotopic (exact) mass is 398 g/mol. The van der Waals surface area contributed by atoms with Gasteiger partial charge in [-0.15, -0.1) is 0 Å². The molecule has 6 heteroatoms. The highest BCUT2D eigenvalue weighted by Crippen LogP contribution is 2.28. The van der Waals surface area contributed by atoms with Gasteiger partial charge >= 0.3 is 0 Å². The van der Waals surface area contributed by atoms with Gasteiger partial charge in [0.15, 0.2) is 6.61 Å². The molecule has 0 aliphatic carbocycles. The lowest BCUT2D eigenvalue weighted by Gasteiger charge is -2.10. The molecule has 0 aliphatic heterocycles. The zero-order chi connectivity index (χ0) is 17.1. The van der Waals surface area contributed by atoms with E-state index in [1.165, 1.54) is 4.68 Å². The average Bonchev–Trinajstić information content (AvgIpc) is 2.80. The Morgan fingerprint density at radius 1 is 1.43 bits per heavy atom. The molecule has 0 aliphatic rings. The Balaban J connectivity index is 2.15. The third kappa shape index (κ3) is 3.96. The summed E-state index contributed by atoms with van der Waals surface area (Å²) < 4.78 is 7.83. The Labute approximate surface area is 149 Å². The average molecular weight is 400 g/mol. The molecule has 1 atom stereocenters. The Hall–Kier alpha value is -1.33. The van der Waals surface area contributed by atoms with Crippen molar-refractivity contribution in [3.05, 3.63) is 44.6 Å². The van der Waals surface area contributed by atoms with Gasteiger partial charge in [-0.3, -0.25) is 4.79 Å². The second kappa shape index (κ2) is 7.49. The molecule has 4 nitrogen and oxygen atoms in total. The number of benzene rings is 1. The number of halogens is 2. The lowest BCUT2D eigenvalue weighted by Crippen LogP contribution is -2.22. The molecule has 0 saturated carbocycles. The van der Waals surface area contributed by atoms with Gasteiger partial charge < -0.3 is 4.74 Å². The van der Waals surface area contributed by atoms with Crippen molar-refractivity contribution in [1.82, 2.24) is 9.78 Å². The molecule has 1 aromatic heterocycles. The molecule has 0 bridgehead atoms. The van der Waals surface area contributed by atoms with E-state index in [1.54, 1.807) is 12.1 Å². The molecule has 124 valence electrons. The van der Waals surface area contributed by atoms with Gasteiger partial charge in [-0.05, 0) is 49.9 Å². The molecule has 2 aromatic rings. The molecular weight excluding hydrogens is 380 g/mol. The second-order valence-corrected chi connectivity index (χ2v) is 6.89. The second-order valence-electron chi connectivity index (χ2n) is 5.56. The van der Waals surface area contributed by atoms with E-state index in [-0.39, 0.29) is 12.5 Å². The first kappa shape index (κ1) is 18.0. The fourth-order valence-electron chi connectivity index (χ4n) is 2.61. The molecule has 2 rings (SSSR count). The number of aryl methyl sites for hydroxylation is 1. The third-order valence-electron chi connectivity index (χ3n) is 3.93. The van der Waals surface area contributed by atoms with Crippen LogP contribution in [0.15, 0.2) is 22.7 Å². The van der Waals surface area contributed by atoms with E-state index in [9.17, 15) is 4.79 Å². The Kier molecular flexibility index (Phi) is 5.87. The van der Waals surface area contributed by atoms with Gasteiger partial charge in [0.25, 0.3) is 5.91 Å². The topological polar surface area (TPSA) is 44.1 Å². The van der Waals surface area contributed by atoms with Gasteiger partial charge in [-0.25, -0.2) is 4.68 Å². The normalized spacial score (nSPS) is 12.3. The van der Waals surface area contributed by atoms with Gasteiger partial charge in [-0.2, -0.15) is 5.10 Å².